The first-order chi connectivity index (χ1) is 45.7. The van der Waals surface area contributed by atoms with E-state index in [1.807, 2.05) is 66.9 Å². The highest BCUT2D eigenvalue weighted by atomic mass is 16.5. The molecule has 0 bridgehead atoms. The zero-order valence-corrected chi connectivity index (χ0v) is 40.6. The lowest BCUT2D eigenvalue weighted by Crippen LogP contribution is -2.31. The van der Waals surface area contributed by atoms with Gasteiger partial charge in [-0.25, -0.2) is 4.98 Å². The van der Waals surface area contributed by atoms with Crippen molar-refractivity contribution in [2.24, 2.45) is 0 Å². The van der Waals surface area contributed by atoms with Gasteiger partial charge in [-0.1, -0.05) is 208 Å². The van der Waals surface area contributed by atoms with E-state index >= 15 is 0 Å². The van der Waals surface area contributed by atoms with Crippen molar-refractivity contribution in [3.8, 4) is 56.6 Å². The highest BCUT2D eigenvalue weighted by Crippen LogP contribution is 2.43. The molecule has 76 heavy (non-hydrogen) atoms. The molecule has 6 heteroatoms. The van der Waals surface area contributed by atoms with Gasteiger partial charge in [0.15, 0.2) is 0 Å². The van der Waals surface area contributed by atoms with Crippen molar-refractivity contribution in [2.75, 3.05) is 0 Å². The largest absolute Gasteiger partial charge is 0.458 e. The van der Waals surface area contributed by atoms with Gasteiger partial charge in [-0.2, -0.15) is 0 Å². The van der Waals surface area contributed by atoms with Crippen molar-refractivity contribution in [1.29, 1.82) is 0 Å². The van der Waals surface area contributed by atoms with E-state index in [0.29, 0.717) is 44.1 Å². The van der Waals surface area contributed by atoms with Gasteiger partial charge in [0, 0.05) is 42.6 Å². The molecule has 0 amide bonds. The Kier molecular flexibility index (Phi) is 6.89. The lowest BCUT2D eigenvalue weighted by molar-refractivity contribution is -0.571. The maximum absolute atomic E-state index is 9.78. The molecule has 14 rings (SSSR count). The van der Waals surface area contributed by atoms with E-state index in [1.165, 1.54) is 29.0 Å². The standard InChI is InChI=1S/C70H51N5O/c1-70(2,51-26-10-5-11-27-51)46-48-40-41-71-67(42-48)75-62-37-17-14-32-59(62)68-65(74-60-35-15-12-30-57(60)58-31-13-16-36-61(58)74)44-54(45-66(68)75)76-53-29-20-28-52(43-53)72-47-73(64-39-19-18-38-63(64)72)69-55(49-22-6-3-7-23-49)33-21-34-56(69)50-24-8-4-9-25-50/h3-45H,46H2,1-2H3/i3D,4D,6D,7D,8D,9D,12D,13D,15D,16D,22D,23D,24D,25D,30D,31D,35D,36D,46D2. The van der Waals surface area contributed by atoms with Crippen molar-refractivity contribution >= 4 is 54.6 Å². The maximum atomic E-state index is 9.78. The summed E-state index contributed by atoms with van der Waals surface area (Å²) in [7, 11) is 0. The van der Waals surface area contributed by atoms with Gasteiger partial charge in [0.05, 0.1) is 74.8 Å². The summed E-state index contributed by atoms with van der Waals surface area (Å²) >= 11 is 0. The van der Waals surface area contributed by atoms with Gasteiger partial charge in [-0.05, 0) is 93.7 Å². The molecular weight excluding hydrogens is 927 g/mol. The van der Waals surface area contributed by atoms with E-state index in [4.69, 9.17) is 28.9 Å². The molecule has 0 unspecified atom stereocenters. The zero-order chi connectivity index (χ0) is 68.2. The predicted octanol–water partition coefficient (Wildman–Crippen LogP) is 16.9. The van der Waals surface area contributed by atoms with Crippen LogP contribution in [-0.4, -0.2) is 18.7 Å². The summed E-state index contributed by atoms with van der Waals surface area (Å²) in [5.74, 6) is 0.563. The molecule has 0 saturated heterocycles. The van der Waals surface area contributed by atoms with Crippen LogP contribution >= 0.6 is 0 Å². The lowest BCUT2D eigenvalue weighted by atomic mass is 9.79. The molecule has 0 saturated carbocycles. The molecule has 0 aliphatic heterocycles. The Morgan fingerprint density at radius 1 is 0.539 bits per heavy atom. The predicted molar refractivity (Wildman–Crippen MR) is 311 cm³/mol. The molecule has 0 atom stereocenters. The van der Waals surface area contributed by atoms with Crippen LogP contribution in [0.5, 0.6) is 11.5 Å². The van der Waals surface area contributed by atoms with Crippen LogP contribution < -0.4 is 9.30 Å². The first-order valence-electron chi connectivity index (χ1n) is 34.3. The summed E-state index contributed by atoms with van der Waals surface area (Å²) in [6.07, 6.45) is 2.91. The molecule has 0 aliphatic carbocycles. The average molecular weight is 998 g/mol. The number of hydrogen-bond donors (Lipinski definition) is 0. The van der Waals surface area contributed by atoms with E-state index < -0.39 is 121 Å². The Morgan fingerprint density at radius 2 is 1.17 bits per heavy atom. The van der Waals surface area contributed by atoms with E-state index in [0.717, 1.165) is 5.56 Å². The van der Waals surface area contributed by atoms with Gasteiger partial charge in [0.25, 0.3) is 6.33 Å². The second kappa shape index (κ2) is 18.3. The van der Waals surface area contributed by atoms with Crippen molar-refractivity contribution in [3.63, 3.8) is 0 Å². The highest BCUT2D eigenvalue weighted by molar-refractivity contribution is 6.16. The second-order valence-corrected chi connectivity index (χ2v) is 18.6. The number of fused-ring (bicyclic) bond motifs is 7. The van der Waals surface area contributed by atoms with Crippen LogP contribution in [0.4, 0.5) is 0 Å². The van der Waals surface area contributed by atoms with Crippen molar-refractivity contribution in [1.82, 2.24) is 18.7 Å². The number of imidazole rings is 1. The van der Waals surface area contributed by atoms with Crippen molar-refractivity contribution in [2.45, 2.75) is 25.6 Å². The number of rotatable bonds is 11. The van der Waals surface area contributed by atoms with Gasteiger partial charge >= 0.3 is 0 Å². The number of nitrogens with zero attached hydrogens (tertiary/aromatic N) is 5. The molecule has 4 aromatic heterocycles. The lowest BCUT2D eigenvalue weighted by Gasteiger charge is -2.25. The number of pyridine rings is 1. The van der Waals surface area contributed by atoms with Gasteiger partial charge in [0.1, 0.15) is 17.3 Å². The Morgan fingerprint density at radius 3 is 1.89 bits per heavy atom. The third-order valence-corrected chi connectivity index (χ3v) is 13.6. The summed E-state index contributed by atoms with van der Waals surface area (Å²) in [5, 5.41) is 0.689. The molecule has 0 spiro atoms. The highest BCUT2D eigenvalue weighted by Gasteiger charge is 2.25. The zero-order valence-electron chi connectivity index (χ0n) is 60.6. The third kappa shape index (κ3) is 7.65. The average Bonchev–Trinajstić information content (AvgIpc) is 1.53. The minimum absolute atomic E-state index is 0.0483. The van der Waals surface area contributed by atoms with Crippen LogP contribution in [-0.2, 0) is 11.8 Å². The quantitative estimate of drug-likeness (QED) is 0.0957. The minimum Gasteiger partial charge on any atom is -0.458 e. The molecule has 0 aliphatic rings. The molecule has 0 radical (unpaired) electrons. The molecule has 0 N–H and O–H groups in total. The van der Waals surface area contributed by atoms with E-state index in [9.17, 15) is 8.22 Å². The van der Waals surface area contributed by atoms with Gasteiger partial charge in [-0.3, -0.25) is 13.7 Å². The van der Waals surface area contributed by atoms with Gasteiger partial charge in [0.2, 0.25) is 0 Å². The summed E-state index contributed by atoms with van der Waals surface area (Å²) in [5.41, 5.74) is 1.77. The molecule has 6 nitrogen and oxygen atoms in total. The summed E-state index contributed by atoms with van der Waals surface area (Å²) < 4.78 is 195. The van der Waals surface area contributed by atoms with Crippen molar-refractivity contribution < 1.29 is 36.7 Å². The van der Waals surface area contributed by atoms with Gasteiger partial charge < -0.3 is 9.30 Å². The molecular formula is C70H51N5O. The molecule has 14 aromatic rings. The van der Waals surface area contributed by atoms with Gasteiger partial charge in [-0.15, -0.1) is 0 Å². The first-order valence-corrected chi connectivity index (χ1v) is 24.3. The number of benzene rings is 10. The third-order valence-electron chi connectivity index (χ3n) is 13.6. The van der Waals surface area contributed by atoms with Crippen LogP contribution in [0, 0.1) is 6.33 Å². The first kappa shape index (κ1) is 28.6. The van der Waals surface area contributed by atoms with E-state index in [-0.39, 0.29) is 72.8 Å². The summed E-state index contributed by atoms with van der Waals surface area (Å²) in [6.45, 7) is 3.66. The van der Waals surface area contributed by atoms with E-state index in [1.54, 1.807) is 88.0 Å². The normalized spacial score (nSPS) is 15.8. The fourth-order valence-electron chi connectivity index (χ4n) is 10.3. The number of aromatic nitrogens is 5. The summed E-state index contributed by atoms with van der Waals surface area (Å²) in [4.78, 5) is 4.88. The monoisotopic (exact) mass is 998 g/mol. The molecule has 362 valence electrons. The minimum atomic E-state index is -2.01. The Balaban J connectivity index is 1.02. The fraction of sp³-hybridized carbons (Fsp3) is 0.0571. The maximum Gasteiger partial charge on any atom is 0.269 e. The van der Waals surface area contributed by atoms with Crippen LogP contribution in [0.1, 0.15) is 52.4 Å². The topological polar surface area (TPSA) is 40.8 Å². The molecule has 4 heterocycles. The number of para-hydroxylation sites is 6. The molecule has 0 fully saturated rings. The smallest absolute Gasteiger partial charge is 0.269 e. The van der Waals surface area contributed by atoms with Crippen LogP contribution in [0.2, 0.25) is 0 Å². The second-order valence-electron chi connectivity index (χ2n) is 18.6. The van der Waals surface area contributed by atoms with Crippen molar-refractivity contribution in [3.05, 3.63) is 278 Å². The Labute approximate surface area is 469 Å². The van der Waals surface area contributed by atoms with Crippen LogP contribution in [0.25, 0.3) is 99.8 Å². The SMILES string of the molecule is [2H]c1c([2H])c([2H])c(-c2cccc(-c3c([2H])c([2H])c([2H])c([2H])c3[2H])c2-[n+]2[c-]n(-c3cccc(Oc4cc(-n5c6c([2H])c([2H])c([2H])c([2H])c6c6c([2H])c([2H])c([2H])c([2H])c65)c5c6ccccc6n(-c6cc(C([2H])([2H])C(C)(C)c7ccccc7)ccn6)c5c4)c3)c3ccccc32)c([2H])c1[2H]. The Bertz CT molecular complexity index is 5480. The fourth-order valence-corrected chi connectivity index (χ4v) is 10.3. The molecule has 10 aromatic carbocycles. The summed E-state index contributed by atoms with van der Waals surface area (Å²) in [6, 6.07) is 31.0. The number of ether oxygens (including phenoxy) is 1. The number of hydrogen-bond acceptors (Lipinski definition) is 2. The van der Waals surface area contributed by atoms with E-state index in [2.05, 4.69) is 6.33 Å². The Hall–Kier alpha value is -9.78. The van der Waals surface area contributed by atoms with Crippen LogP contribution in [0.3, 0.4) is 0 Å². The van der Waals surface area contributed by atoms with Crippen LogP contribution in [0.15, 0.2) is 261 Å².